The lowest BCUT2D eigenvalue weighted by molar-refractivity contribution is 0.0980. The number of halogens is 2. The molecule has 5 nitrogen and oxygen atoms in total. The van der Waals surface area contributed by atoms with Crippen LogP contribution in [0.25, 0.3) is 0 Å². The van der Waals surface area contributed by atoms with E-state index in [-0.39, 0.29) is 24.0 Å². The molecule has 2 aromatic heterocycles. The highest BCUT2D eigenvalue weighted by molar-refractivity contribution is 6.29. The fourth-order valence-corrected chi connectivity index (χ4v) is 2.25. The smallest absolute Gasteiger partial charge is 0.277 e. The topological polar surface area (TPSA) is 59.0 Å². The van der Waals surface area contributed by atoms with Crippen molar-refractivity contribution in [3.8, 4) is 0 Å². The van der Waals surface area contributed by atoms with E-state index in [1.165, 1.54) is 47.8 Å². The zero-order valence-corrected chi connectivity index (χ0v) is 13.2. The standard InChI is InChI=1S/C17H12ClFN4O/c18-16-6-1-12(9-21-16)10-23(14-4-2-13(19)3-5-14)17(24)15-7-8-20-11-22-15/h1-9,11H,10H2. The summed E-state index contributed by atoms with van der Waals surface area (Å²) in [4.78, 5) is 26.1. The van der Waals surface area contributed by atoms with Crippen molar-refractivity contribution in [3.63, 3.8) is 0 Å². The molecule has 1 amide bonds. The lowest BCUT2D eigenvalue weighted by Crippen LogP contribution is -2.31. The van der Waals surface area contributed by atoms with Crippen LogP contribution < -0.4 is 4.90 Å². The molecule has 24 heavy (non-hydrogen) atoms. The van der Waals surface area contributed by atoms with Gasteiger partial charge in [-0.1, -0.05) is 17.7 Å². The van der Waals surface area contributed by atoms with Crippen molar-refractivity contribution in [1.29, 1.82) is 0 Å². The van der Waals surface area contributed by atoms with E-state index in [0.717, 1.165) is 5.56 Å². The largest absolute Gasteiger partial charge is 0.303 e. The second kappa shape index (κ2) is 7.14. The van der Waals surface area contributed by atoms with Crippen LogP contribution >= 0.6 is 11.6 Å². The van der Waals surface area contributed by atoms with Gasteiger partial charge in [0.15, 0.2) is 0 Å². The number of rotatable bonds is 4. The maximum Gasteiger partial charge on any atom is 0.277 e. The van der Waals surface area contributed by atoms with Gasteiger partial charge in [0.05, 0.1) is 6.54 Å². The van der Waals surface area contributed by atoms with Gasteiger partial charge in [0, 0.05) is 18.1 Å². The van der Waals surface area contributed by atoms with Gasteiger partial charge < -0.3 is 4.90 Å². The first-order valence-corrected chi connectivity index (χ1v) is 7.45. The van der Waals surface area contributed by atoms with Gasteiger partial charge in [0.2, 0.25) is 0 Å². The van der Waals surface area contributed by atoms with E-state index in [0.29, 0.717) is 10.8 Å². The Labute approximate surface area is 142 Å². The third kappa shape index (κ3) is 3.72. The van der Waals surface area contributed by atoms with Gasteiger partial charge in [-0.25, -0.2) is 19.3 Å². The van der Waals surface area contributed by atoms with Crippen molar-refractivity contribution in [2.45, 2.75) is 6.54 Å². The maximum absolute atomic E-state index is 13.2. The summed E-state index contributed by atoms with van der Waals surface area (Å²) in [5.41, 5.74) is 1.58. The number of nitrogens with zero attached hydrogens (tertiary/aromatic N) is 4. The minimum Gasteiger partial charge on any atom is -0.303 e. The number of amides is 1. The number of pyridine rings is 1. The zero-order chi connectivity index (χ0) is 16.9. The van der Waals surface area contributed by atoms with Crippen molar-refractivity contribution in [1.82, 2.24) is 15.0 Å². The van der Waals surface area contributed by atoms with E-state index in [9.17, 15) is 9.18 Å². The Balaban J connectivity index is 1.95. The van der Waals surface area contributed by atoms with Crippen molar-refractivity contribution >= 4 is 23.2 Å². The maximum atomic E-state index is 13.2. The van der Waals surface area contributed by atoms with Crippen molar-refractivity contribution in [2.75, 3.05) is 4.90 Å². The van der Waals surface area contributed by atoms with Gasteiger partial charge in [-0.3, -0.25) is 4.79 Å². The van der Waals surface area contributed by atoms with Gasteiger partial charge in [0.25, 0.3) is 5.91 Å². The van der Waals surface area contributed by atoms with E-state index in [4.69, 9.17) is 11.6 Å². The summed E-state index contributed by atoms with van der Waals surface area (Å²) in [6, 6.07) is 10.6. The highest BCUT2D eigenvalue weighted by Crippen LogP contribution is 2.20. The van der Waals surface area contributed by atoms with Gasteiger partial charge in [0.1, 0.15) is 23.0 Å². The Morgan fingerprint density at radius 2 is 1.88 bits per heavy atom. The van der Waals surface area contributed by atoms with E-state index >= 15 is 0 Å². The molecule has 0 saturated carbocycles. The molecule has 0 aliphatic rings. The predicted molar refractivity (Wildman–Crippen MR) is 88.2 cm³/mol. The average molecular weight is 343 g/mol. The molecule has 2 heterocycles. The minimum absolute atomic E-state index is 0.247. The molecule has 0 aliphatic carbocycles. The summed E-state index contributed by atoms with van der Waals surface area (Å²) in [5.74, 6) is -0.694. The lowest BCUT2D eigenvalue weighted by atomic mass is 10.2. The molecular weight excluding hydrogens is 331 g/mol. The number of carbonyl (C=O) groups excluding carboxylic acids is 1. The molecule has 0 spiro atoms. The highest BCUT2D eigenvalue weighted by Gasteiger charge is 2.19. The number of benzene rings is 1. The van der Waals surface area contributed by atoms with E-state index < -0.39 is 0 Å². The molecule has 0 atom stereocenters. The molecule has 1 aromatic carbocycles. The molecule has 3 rings (SSSR count). The number of hydrogen-bond acceptors (Lipinski definition) is 4. The van der Waals surface area contributed by atoms with Gasteiger partial charge >= 0.3 is 0 Å². The predicted octanol–water partition coefficient (Wildman–Crippen LogP) is 3.51. The third-order valence-corrected chi connectivity index (χ3v) is 3.54. The first-order chi connectivity index (χ1) is 11.6. The molecule has 0 aliphatic heterocycles. The molecule has 7 heteroatoms. The summed E-state index contributed by atoms with van der Waals surface area (Å²) in [6.45, 7) is 0.249. The van der Waals surface area contributed by atoms with Crippen LogP contribution in [0.15, 0.2) is 61.2 Å². The summed E-state index contributed by atoms with van der Waals surface area (Å²) in [5, 5.41) is 0.370. The molecule has 120 valence electrons. The summed E-state index contributed by atoms with van der Waals surface area (Å²) >= 11 is 5.79. The van der Waals surface area contributed by atoms with Crippen LogP contribution in [0.4, 0.5) is 10.1 Å². The van der Waals surface area contributed by atoms with Crippen LogP contribution in [0.1, 0.15) is 16.1 Å². The first kappa shape index (κ1) is 16.0. The molecule has 0 unspecified atom stereocenters. The minimum atomic E-state index is -0.374. The van der Waals surface area contributed by atoms with Crippen LogP contribution in [-0.4, -0.2) is 20.9 Å². The third-order valence-electron chi connectivity index (χ3n) is 3.31. The molecular formula is C17H12ClFN4O. The first-order valence-electron chi connectivity index (χ1n) is 7.07. The molecule has 3 aromatic rings. The second-order valence-corrected chi connectivity index (χ2v) is 5.34. The number of aromatic nitrogens is 3. The summed E-state index contributed by atoms with van der Waals surface area (Å²) < 4.78 is 13.2. The summed E-state index contributed by atoms with van der Waals surface area (Å²) in [6.07, 6.45) is 4.39. The number of carbonyl (C=O) groups is 1. The van der Waals surface area contributed by atoms with Crippen molar-refractivity contribution < 1.29 is 9.18 Å². The normalized spacial score (nSPS) is 10.4. The Bertz CT molecular complexity index is 825. The molecule has 0 radical (unpaired) electrons. The van der Waals surface area contributed by atoms with Crippen LogP contribution in [-0.2, 0) is 6.54 Å². The summed E-state index contributed by atoms with van der Waals surface area (Å²) in [7, 11) is 0. The van der Waals surface area contributed by atoms with Gasteiger partial charge in [-0.15, -0.1) is 0 Å². The fourth-order valence-electron chi connectivity index (χ4n) is 2.14. The number of hydrogen-bond donors (Lipinski definition) is 0. The van der Waals surface area contributed by atoms with Gasteiger partial charge in [-0.05, 0) is 42.0 Å². The molecule has 0 bridgehead atoms. The van der Waals surface area contributed by atoms with Crippen LogP contribution in [0, 0.1) is 5.82 Å². The lowest BCUT2D eigenvalue weighted by Gasteiger charge is -2.22. The Hall–Kier alpha value is -2.86. The van der Waals surface area contributed by atoms with Crippen molar-refractivity contribution in [2.24, 2.45) is 0 Å². The highest BCUT2D eigenvalue weighted by atomic mass is 35.5. The fraction of sp³-hybridized carbons (Fsp3) is 0.0588. The van der Waals surface area contributed by atoms with Crippen molar-refractivity contribution in [3.05, 3.63) is 83.4 Å². The van der Waals surface area contributed by atoms with E-state index in [2.05, 4.69) is 15.0 Å². The Morgan fingerprint density at radius 3 is 2.50 bits per heavy atom. The SMILES string of the molecule is O=C(c1ccncn1)N(Cc1ccc(Cl)nc1)c1ccc(F)cc1. The second-order valence-electron chi connectivity index (χ2n) is 4.95. The number of anilines is 1. The Kier molecular flexibility index (Phi) is 4.77. The monoisotopic (exact) mass is 342 g/mol. The van der Waals surface area contributed by atoms with Gasteiger partial charge in [-0.2, -0.15) is 0 Å². The average Bonchev–Trinajstić information content (AvgIpc) is 2.62. The Morgan fingerprint density at radius 1 is 1.08 bits per heavy atom. The van der Waals surface area contributed by atoms with Crippen LogP contribution in [0.5, 0.6) is 0 Å². The van der Waals surface area contributed by atoms with Crippen LogP contribution in [0.2, 0.25) is 5.15 Å². The quantitative estimate of drug-likeness (QED) is 0.681. The molecule has 0 fully saturated rings. The van der Waals surface area contributed by atoms with E-state index in [1.807, 2.05) is 0 Å². The van der Waals surface area contributed by atoms with Crippen LogP contribution in [0.3, 0.4) is 0 Å². The molecule has 0 N–H and O–H groups in total. The molecule has 0 saturated heterocycles. The zero-order valence-electron chi connectivity index (χ0n) is 12.4. The van der Waals surface area contributed by atoms with E-state index in [1.54, 1.807) is 18.3 Å².